The summed E-state index contributed by atoms with van der Waals surface area (Å²) in [6, 6.07) is 8.22. The van der Waals surface area contributed by atoms with Crippen molar-refractivity contribution in [2.24, 2.45) is 0 Å². The first-order valence-corrected chi connectivity index (χ1v) is 7.64. The maximum atomic E-state index is 9.59. The predicted octanol–water partition coefficient (Wildman–Crippen LogP) is 3.16. The first kappa shape index (κ1) is 17.0. The van der Waals surface area contributed by atoms with Gasteiger partial charge in [0.2, 0.25) is 0 Å². The smallest absolute Gasteiger partial charge is 0.119 e. The van der Waals surface area contributed by atoms with Crippen LogP contribution in [0.3, 0.4) is 0 Å². The summed E-state index contributed by atoms with van der Waals surface area (Å²) in [5.41, 5.74) is 1.00. The van der Waals surface area contributed by atoms with Crippen LogP contribution in [0.5, 0.6) is 5.75 Å². The lowest BCUT2D eigenvalue weighted by Crippen LogP contribution is -2.48. The Bertz CT molecular complexity index is 394. The highest BCUT2D eigenvalue weighted by atomic mass is 16.5. The van der Waals surface area contributed by atoms with Crippen molar-refractivity contribution in [3.05, 3.63) is 29.8 Å². The Morgan fingerprint density at radius 2 is 2.10 bits per heavy atom. The molecular formula is C17H29NO2. The van der Waals surface area contributed by atoms with Crippen LogP contribution in [0.4, 0.5) is 0 Å². The molecule has 0 fully saturated rings. The number of hydrogen-bond acceptors (Lipinski definition) is 3. The monoisotopic (exact) mass is 279 g/mol. The van der Waals surface area contributed by atoms with Crippen LogP contribution in [-0.4, -0.2) is 29.9 Å². The first-order valence-electron chi connectivity index (χ1n) is 7.64. The number of rotatable bonds is 9. The molecule has 0 aliphatic rings. The van der Waals surface area contributed by atoms with Gasteiger partial charge in [-0.3, -0.25) is 0 Å². The second-order valence-corrected chi connectivity index (χ2v) is 5.78. The molecule has 0 radical (unpaired) electrons. The summed E-state index contributed by atoms with van der Waals surface area (Å²) in [6.45, 7) is 9.40. The van der Waals surface area contributed by atoms with E-state index in [2.05, 4.69) is 38.2 Å². The van der Waals surface area contributed by atoms with Crippen LogP contribution in [0.25, 0.3) is 0 Å². The molecule has 3 heteroatoms. The average molecular weight is 279 g/mol. The third-order valence-electron chi connectivity index (χ3n) is 3.53. The Hall–Kier alpha value is -1.06. The highest BCUT2D eigenvalue weighted by Gasteiger charge is 2.25. The van der Waals surface area contributed by atoms with Gasteiger partial charge in [-0.1, -0.05) is 26.0 Å². The molecule has 0 saturated carbocycles. The summed E-state index contributed by atoms with van der Waals surface area (Å²) < 4.78 is 5.98. The normalized spacial score (nSPS) is 15.7. The molecule has 0 heterocycles. The van der Waals surface area contributed by atoms with Gasteiger partial charge in [0.1, 0.15) is 5.75 Å². The molecule has 0 bridgehead atoms. The van der Waals surface area contributed by atoms with Crippen molar-refractivity contribution in [3.63, 3.8) is 0 Å². The maximum Gasteiger partial charge on any atom is 0.119 e. The zero-order chi connectivity index (χ0) is 15.0. The number of ether oxygens (including phenoxy) is 1. The topological polar surface area (TPSA) is 41.5 Å². The van der Waals surface area contributed by atoms with Gasteiger partial charge in [-0.2, -0.15) is 0 Å². The van der Waals surface area contributed by atoms with E-state index in [0.717, 1.165) is 31.6 Å². The number of nitrogens with one attached hydrogen (secondary N) is 1. The number of aliphatic hydroxyl groups is 1. The fourth-order valence-corrected chi connectivity index (χ4v) is 2.37. The van der Waals surface area contributed by atoms with E-state index in [9.17, 15) is 5.11 Å². The molecule has 3 nitrogen and oxygen atoms in total. The number of benzene rings is 1. The molecule has 0 amide bonds. The minimum Gasteiger partial charge on any atom is -0.491 e. The fourth-order valence-electron chi connectivity index (χ4n) is 2.37. The van der Waals surface area contributed by atoms with Crippen molar-refractivity contribution < 1.29 is 9.84 Å². The third kappa shape index (κ3) is 5.51. The molecular weight excluding hydrogens is 250 g/mol. The van der Waals surface area contributed by atoms with Crippen molar-refractivity contribution in [1.29, 1.82) is 0 Å². The van der Waals surface area contributed by atoms with Crippen LogP contribution in [0.15, 0.2) is 24.3 Å². The van der Waals surface area contributed by atoms with Crippen molar-refractivity contribution in [1.82, 2.24) is 5.32 Å². The zero-order valence-electron chi connectivity index (χ0n) is 13.3. The summed E-state index contributed by atoms with van der Waals surface area (Å²) in [5.74, 6) is 0.910. The Morgan fingerprint density at radius 3 is 2.70 bits per heavy atom. The molecule has 20 heavy (non-hydrogen) atoms. The second kappa shape index (κ2) is 8.28. The third-order valence-corrected chi connectivity index (χ3v) is 3.53. The number of hydrogen-bond donors (Lipinski definition) is 2. The van der Waals surface area contributed by atoms with Gasteiger partial charge in [0.25, 0.3) is 0 Å². The van der Waals surface area contributed by atoms with E-state index in [4.69, 9.17) is 4.74 Å². The summed E-state index contributed by atoms with van der Waals surface area (Å²) >= 11 is 0. The Kier molecular flexibility index (Phi) is 7.03. The lowest BCUT2D eigenvalue weighted by Gasteiger charge is -2.31. The number of aryl methyl sites for hydroxylation is 1. The molecule has 2 unspecified atom stereocenters. The fraction of sp³-hybridized carbons (Fsp3) is 0.647. The van der Waals surface area contributed by atoms with Gasteiger partial charge in [-0.25, -0.2) is 0 Å². The van der Waals surface area contributed by atoms with Crippen LogP contribution < -0.4 is 10.1 Å². The van der Waals surface area contributed by atoms with Crippen molar-refractivity contribution in [2.45, 2.75) is 58.6 Å². The summed E-state index contributed by atoms with van der Waals surface area (Å²) in [4.78, 5) is 0. The first-order chi connectivity index (χ1) is 9.53. The minimum absolute atomic E-state index is 0.0589. The highest BCUT2D eigenvalue weighted by molar-refractivity contribution is 5.28. The van der Waals surface area contributed by atoms with Crippen molar-refractivity contribution in [3.8, 4) is 5.75 Å². The molecule has 0 saturated heterocycles. The van der Waals surface area contributed by atoms with E-state index in [-0.39, 0.29) is 18.2 Å². The molecule has 1 rings (SSSR count). The lowest BCUT2D eigenvalue weighted by molar-refractivity contribution is 0.110. The Morgan fingerprint density at radius 1 is 1.35 bits per heavy atom. The molecule has 0 aliphatic heterocycles. The van der Waals surface area contributed by atoms with E-state index in [0.29, 0.717) is 0 Å². The number of aliphatic hydroxyl groups excluding tert-OH is 1. The molecule has 114 valence electrons. The van der Waals surface area contributed by atoms with Gasteiger partial charge in [-0.05, 0) is 50.9 Å². The molecule has 1 aromatic rings. The molecule has 1 aromatic carbocycles. The van der Waals surface area contributed by atoms with Crippen LogP contribution in [-0.2, 0) is 6.42 Å². The molecule has 2 N–H and O–H groups in total. The van der Waals surface area contributed by atoms with E-state index in [1.165, 1.54) is 5.56 Å². The zero-order valence-corrected chi connectivity index (χ0v) is 13.3. The van der Waals surface area contributed by atoms with Gasteiger partial charge < -0.3 is 15.2 Å². The molecule has 2 atom stereocenters. The average Bonchev–Trinajstić information content (AvgIpc) is 2.45. The Balaban J connectivity index is 2.58. The van der Waals surface area contributed by atoms with Crippen LogP contribution in [0.2, 0.25) is 0 Å². The summed E-state index contributed by atoms with van der Waals surface area (Å²) in [7, 11) is 0. The molecule has 0 spiro atoms. The van der Waals surface area contributed by atoms with Crippen molar-refractivity contribution >= 4 is 0 Å². The van der Waals surface area contributed by atoms with Crippen LogP contribution in [0.1, 0.15) is 46.1 Å². The van der Waals surface area contributed by atoms with Gasteiger partial charge in [-0.15, -0.1) is 0 Å². The standard InChI is InChI=1S/C17H29NO2/c1-5-10-18-17(4,13-19)12-14(3)20-16-9-7-8-15(6-2)11-16/h7-9,11,14,18-19H,5-6,10,12-13H2,1-4H3. The largest absolute Gasteiger partial charge is 0.491 e. The molecule has 0 aliphatic carbocycles. The highest BCUT2D eigenvalue weighted by Crippen LogP contribution is 2.19. The summed E-state index contributed by atoms with van der Waals surface area (Å²) in [6.07, 6.45) is 2.91. The van der Waals surface area contributed by atoms with Gasteiger partial charge in [0.05, 0.1) is 12.7 Å². The second-order valence-electron chi connectivity index (χ2n) is 5.78. The predicted molar refractivity (Wildman–Crippen MR) is 84.3 cm³/mol. The van der Waals surface area contributed by atoms with E-state index < -0.39 is 0 Å². The SMILES string of the molecule is CCCNC(C)(CO)CC(C)Oc1cccc(CC)c1. The van der Waals surface area contributed by atoms with Crippen molar-refractivity contribution in [2.75, 3.05) is 13.2 Å². The Labute approximate surface area is 123 Å². The molecule has 0 aromatic heterocycles. The maximum absolute atomic E-state index is 9.59. The lowest BCUT2D eigenvalue weighted by atomic mass is 9.95. The van der Waals surface area contributed by atoms with E-state index in [1.807, 2.05) is 19.1 Å². The van der Waals surface area contributed by atoms with Crippen LogP contribution in [0, 0.1) is 0 Å². The van der Waals surface area contributed by atoms with Gasteiger partial charge in [0.15, 0.2) is 0 Å². The minimum atomic E-state index is -0.280. The van der Waals surface area contributed by atoms with E-state index >= 15 is 0 Å². The van der Waals surface area contributed by atoms with Gasteiger partial charge in [0, 0.05) is 12.0 Å². The van der Waals surface area contributed by atoms with Gasteiger partial charge >= 0.3 is 0 Å². The van der Waals surface area contributed by atoms with Crippen LogP contribution >= 0.6 is 0 Å². The quantitative estimate of drug-likeness (QED) is 0.729. The summed E-state index contributed by atoms with van der Waals surface area (Å²) in [5, 5.41) is 13.0. The van der Waals surface area contributed by atoms with E-state index in [1.54, 1.807) is 0 Å².